The highest BCUT2D eigenvalue weighted by Crippen LogP contribution is 2.20. The van der Waals surface area contributed by atoms with E-state index in [-0.39, 0.29) is 6.23 Å². The van der Waals surface area contributed by atoms with Crippen LogP contribution in [0.1, 0.15) is 19.8 Å². The third-order valence-electron chi connectivity index (χ3n) is 1.19. The average Bonchev–Trinajstić information content (AvgIpc) is 2.22. The Hall–Kier alpha value is -0.0800. The van der Waals surface area contributed by atoms with Crippen molar-refractivity contribution in [1.82, 2.24) is 0 Å². The van der Waals surface area contributed by atoms with Crippen molar-refractivity contribution in [2.24, 2.45) is 5.73 Å². The lowest BCUT2D eigenvalue weighted by Gasteiger charge is -1.81. The number of rotatable bonds is 2. The molecule has 0 spiro atoms. The fourth-order valence-corrected chi connectivity index (χ4v) is 0.673. The quantitative estimate of drug-likeness (QED) is 0.513. The SMILES string of the molecule is CCCC1OC1N. The molecule has 42 valence electrons. The molecule has 0 aromatic carbocycles. The first-order valence-corrected chi connectivity index (χ1v) is 2.75. The van der Waals surface area contributed by atoms with E-state index in [0.29, 0.717) is 6.10 Å². The average molecular weight is 101 g/mol. The smallest absolute Gasteiger partial charge is 0.132 e. The molecule has 0 aliphatic carbocycles. The van der Waals surface area contributed by atoms with Crippen LogP contribution in [0.2, 0.25) is 0 Å². The molecular weight excluding hydrogens is 90.1 g/mol. The summed E-state index contributed by atoms with van der Waals surface area (Å²) in [7, 11) is 0. The molecule has 2 N–H and O–H groups in total. The molecule has 0 bridgehead atoms. The Bertz CT molecular complexity index is 65.1. The first-order valence-electron chi connectivity index (χ1n) is 2.75. The van der Waals surface area contributed by atoms with Crippen LogP contribution in [-0.2, 0) is 4.74 Å². The van der Waals surface area contributed by atoms with Gasteiger partial charge in [0.05, 0.1) is 6.10 Å². The second kappa shape index (κ2) is 1.80. The number of nitrogens with two attached hydrogens (primary N) is 1. The zero-order valence-corrected chi connectivity index (χ0v) is 4.55. The molecule has 1 fully saturated rings. The summed E-state index contributed by atoms with van der Waals surface area (Å²) < 4.78 is 4.94. The van der Waals surface area contributed by atoms with E-state index in [1.807, 2.05) is 0 Å². The van der Waals surface area contributed by atoms with Crippen LogP contribution in [-0.4, -0.2) is 12.3 Å². The van der Waals surface area contributed by atoms with Crippen LogP contribution in [0, 0.1) is 0 Å². The Balaban J connectivity index is 1.98. The molecule has 1 rings (SSSR count). The maximum atomic E-state index is 5.33. The van der Waals surface area contributed by atoms with Crippen molar-refractivity contribution in [2.45, 2.75) is 32.1 Å². The molecule has 2 nitrogen and oxygen atoms in total. The van der Waals surface area contributed by atoms with Crippen LogP contribution in [0.3, 0.4) is 0 Å². The molecule has 0 amide bonds. The molecule has 0 radical (unpaired) electrons. The minimum absolute atomic E-state index is 0.0694. The van der Waals surface area contributed by atoms with Crippen LogP contribution in [0.15, 0.2) is 0 Å². The van der Waals surface area contributed by atoms with Gasteiger partial charge in [0, 0.05) is 0 Å². The molecule has 7 heavy (non-hydrogen) atoms. The minimum atomic E-state index is 0.0694. The molecule has 2 unspecified atom stereocenters. The molecular formula is C5H11NO. The van der Waals surface area contributed by atoms with Gasteiger partial charge in [0.1, 0.15) is 6.23 Å². The van der Waals surface area contributed by atoms with Crippen LogP contribution in [0.25, 0.3) is 0 Å². The summed E-state index contributed by atoms with van der Waals surface area (Å²) in [6, 6.07) is 0. The van der Waals surface area contributed by atoms with E-state index >= 15 is 0 Å². The van der Waals surface area contributed by atoms with E-state index in [1.165, 1.54) is 6.42 Å². The van der Waals surface area contributed by atoms with E-state index in [2.05, 4.69) is 6.92 Å². The van der Waals surface area contributed by atoms with Crippen LogP contribution in [0.4, 0.5) is 0 Å². The van der Waals surface area contributed by atoms with Crippen molar-refractivity contribution in [3.05, 3.63) is 0 Å². The predicted molar refractivity (Wildman–Crippen MR) is 27.8 cm³/mol. The Morgan fingerprint density at radius 2 is 2.29 bits per heavy atom. The van der Waals surface area contributed by atoms with Crippen LogP contribution >= 0.6 is 0 Å². The molecule has 1 saturated heterocycles. The molecule has 1 aliphatic heterocycles. The summed E-state index contributed by atoms with van der Waals surface area (Å²) in [6.07, 6.45) is 2.77. The highest BCUT2D eigenvalue weighted by atomic mass is 16.6. The van der Waals surface area contributed by atoms with Crippen LogP contribution in [0.5, 0.6) is 0 Å². The number of epoxide rings is 1. The lowest BCUT2D eigenvalue weighted by atomic mass is 10.2. The van der Waals surface area contributed by atoms with E-state index in [0.717, 1.165) is 6.42 Å². The molecule has 2 heteroatoms. The summed E-state index contributed by atoms with van der Waals surface area (Å²) in [4.78, 5) is 0. The van der Waals surface area contributed by atoms with Gasteiger partial charge in [-0.05, 0) is 6.42 Å². The largest absolute Gasteiger partial charge is 0.353 e. The van der Waals surface area contributed by atoms with Crippen molar-refractivity contribution in [2.75, 3.05) is 0 Å². The normalized spacial score (nSPS) is 38.6. The Kier molecular flexibility index (Phi) is 1.30. The molecule has 1 heterocycles. The molecule has 2 atom stereocenters. The minimum Gasteiger partial charge on any atom is -0.353 e. The van der Waals surface area contributed by atoms with Crippen molar-refractivity contribution in [3.63, 3.8) is 0 Å². The van der Waals surface area contributed by atoms with Crippen LogP contribution < -0.4 is 5.73 Å². The Labute approximate surface area is 43.6 Å². The molecule has 0 aromatic heterocycles. The Morgan fingerprint density at radius 1 is 1.71 bits per heavy atom. The lowest BCUT2D eigenvalue weighted by molar-refractivity contribution is 0.364. The highest BCUT2D eigenvalue weighted by molar-refractivity contribution is 4.77. The molecule has 1 aliphatic rings. The summed E-state index contributed by atoms with van der Waals surface area (Å²) in [5, 5.41) is 0. The molecule has 0 aromatic rings. The van der Waals surface area contributed by atoms with Gasteiger partial charge in [-0.3, -0.25) is 0 Å². The van der Waals surface area contributed by atoms with Crippen molar-refractivity contribution >= 4 is 0 Å². The van der Waals surface area contributed by atoms with E-state index < -0.39 is 0 Å². The van der Waals surface area contributed by atoms with Gasteiger partial charge in [0.25, 0.3) is 0 Å². The molecule has 0 saturated carbocycles. The van der Waals surface area contributed by atoms with Gasteiger partial charge in [0.2, 0.25) is 0 Å². The fourth-order valence-electron chi connectivity index (χ4n) is 0.673. The van der Waals surface area contributed by atoms with Crippen molar-refractivity contribution in [1.29, 1.82) is 0 Å². The monoisotopic (exact) mass is 101 g/mol. The number of ether oxygens (including phenoxy) is 1. The van der Waals surface area contributed by atoms with Crippen molar-refractivity contribution in [3.8, 4) is 0 Å². The fraction of sp³-hybridized carbons (Fsp3) is 1.00. The first kappa shape index (κ1) is 5.06. The number of hydrogen-bond acceptors (Lipinski definition) is 2. The Morgan fingerprint density at radius 3 is 2.43 bits per heavy atom. The summed E-state index contributed by atoms with van der Waals surface area (Å²) in [5.74, 6) is 0. The summed E-state index contributed by atoms with van der Waals surface area (Å²) >= 11 is 0. The second-order valence-corrected chi connectivity index (χ2v) is 1.93. The highest BCUT2D eigenvalue weighted by Gasteiger charge is 2.33. The maximum absolute atomic E-state index is 5.33. The zero-order chi connectivity index (χ0) is 5.28. The summed E-state index contributed by atoms with van der Waals surface area (Å²) in [5.41, 5.74) is 5.33. The van der Waals surface area contributed by atoms with Gasteiger partial charge in [-0.25, -0.2) is 0 Å². The van der Waals surface area contributed by atoms with Gasteiger partial charge < -0.3 is 10.5 Å². The standard InChI is InChI=1S/C5H11NO/c1-2-3-4-5(6)7-4/h4-5H,2-3,6H2,1H3. The van der Waals surface area contributed by atoms with Gasteiger partial charge in [-0.1, -0.05) is 13.3 Å². The number of hydrogen-bond donors (Lipinski definition) is 1. The van der Waals surface area contributed by atoms with Crippen molar-refractivity contribution < 1.29 is 4.74 Å². The summed E-state index contributed by atoms with van der Waals surface area (Å²) in [6.45, 7) is 2.13. The zero-order valence-electron chi connectivity index (χ0n) is 4.55. The van der Waals surface area contributed by atoms with Gasteiger partial charge in [0.15, 0.2) is 0 Å². The van der Waals surface area contributed by atoms with Gasteiger partial charge in [-0.2, -0.15) is 0 Å². The predicted octanol–water partition coefficient (Wildman–Crippen LogP) is 0.470. The third-order valence-corrected chi connectivity index (χ3v) is 1.19. The first-order chi connectivity index (χ1) is 3.34. The third kappa shape index (κ3) is 1.14. The maximum Gasteiger partial charge on any atom is 0.132 e. The lowest BCUT2D eigenvalue weighted by Crippen LogP contribution is -2.04. The second-order valence-electron chi connectivity index (χ2n) is 1.93. The van der Waals surface area contributed by atoms with Gasteiger partial charge in [-0.15, -0.1) is 0 Å². The van der Waals surface area contributed by atoms with Gasteiger partial charge >= 0.3 is 0 Å². The van der Waals surface area contributed by atoms with E-state index in [1.54, 1.807) is 0 Å². The van der Waals surface area contributed by atoms with E-state index in [4.69, 9.17) is 10.5 Å². The van der Waals surface area contributed by atoms with E-state index in [9.17, 15) is 0 Å². The topological polar surface area (TPSA) is 38.5 Å².